The Morgan fingerprint density at radius 2 is 2.12 bits per heavy atom. The predicted molar refractivity (Wildman–Crippen MR) is 85.3 cm³/mol. The Bertz CT molecular complexity index is 646. The van der Waals surface area contributed by atoms with Crippen molar-refractivity contribution in [1.29, 1.82) is 0 Å². The second-order valence-corrected chi connectivity index (χ2v) is 6.05. The smallest absolute Gasteiger partial charge is 0.410 e. The van der Waals surface area contributed by atoms with Crippen LogP contribution >= 0.6 is 0 Å². The van der Waals surface area contributed by atoms with Crippen LogP contribution < -0.4 is 0 Å². The molecule has 2 aliphatic rings. The van der Waals surface area contributed by atoms with Gasteiger partial charge in [0, 0.05) is 13.0 Å². The summed E-state index contributed by atoms with van der Waals surface area (Å²) < 4.78 is 10.0. The van der Waals surface area contributed by atoms with Gasteiger partial charge >= 0.3 is 12.1 Å². The van der Waals surface area contributed by atoms with Gasteiger partial charge in [0.05, 0.1) is 13.7 Å². The SMILES string of the molecule is COC(=O)C1=NOC2(CCCN(C(=O)OCc3ccccc3)C2)C1. The molecule has 1 aromatic rings. The van der Waals surface area contributed by atoms with Crippen LogP contribution in [0.2, 0.25) is 0 Å². The first-order chi connectivity index (χ1) is 11.6. The molecule has 0 aromatic heterocycles. The fourth-order valence-electron chi connectivity index (χ4n) is 3.03. The van der Waals surface area contributed by atoms with E-state index in [0.717, 1.165) is 18.4 Å². The molecule has 1 spiro atoms. The summed E-state index contributed by atoms with van der Waals surface area (Å²) in [4.78, 5) is 31.0. The number of likely N-dealkylation sites (tertiary alicyclic amines) is 1. The first kappa shape index (κ1) is 16.3. The second kappa shape index (κ2) is 6.90. The van der Waals surface area contributed by atoms with Crippen molar-refractivity contribution in [3.8, 4) is 0 Å². The zero-order valence-electron chi connectivity index (χ0n) is 13.6. The highest BCUT2D eigenvalue weighted by molar-refractivity contribution is 6.36. The summed E-state index contributed by atoms with van der Waals surface area (Å²) in [5.41, 5.74) is 0.552. The Kier molecular flexibility index (Phi) is 4.69. The number of carbonyl (C=O) groups excluding carboxylic acids is 2. The minimum atomic E-state index is -0.645. The number of methoxy groups -OCH3 is 1. The van der Waals surface area contributed by atoms with Gasteiger partial charge in [0.25, 0.3) is 0 Å². The Balaban J connectivity index is 1.56. The molecular formula is C17H20N2O5. The molecule has 1 atom stereocenters. The van der Waals surface area contributed by atoms with Crippen LogP contribution in [-0.2, 0) is 25.7 Å². The molecule has 1 fully saturated rings. The fraction of sp³-hybridized carbons (Fsp3) is 0.471. The Morgan fingerprint density at radius 3 is 2.88 bits per heavy atom. The molecule has 0 bridgehead atoms. The molecule has 2 heterocycles. The molecule has 3 rings (SSSR count). The lowest BCUT2D eigenvalue weighted by molar-refractivity contribution is -0.132. The van der Waals surface area contributed by atoms with Crippen LogP contribution in [-0.4, -0.2) is 48.5 Å². The van der Waals surface area contributed by atoms with E-state index in [1.165, 1.54) is 7.11 Å². The number of ether oxygens (including phenoxy) is 2. The van der Waals surface area contributed by atoms with Crippen LogP contribution in [0.15, 0.2) is 35.5 Å². The number of amides is 1. The highest BCUT2D eigenvalue weighted by Gasteiger charge is 2.46. The van der Waals surface area contributed by atoms with Crippen LogP contribution in [0.1, 0.15) is 24.8 Å². The molecule has 2 aliphatic heterocycles. The van der Waals surface area contributed by atoms with Gasteiger partial charge in [-0.05, 0) is 18.4 Å². The largest absolute Gasteiger partial charge is 0.464 e. The van der Waals surface area contributed by atoms with Crippen LogP contribution in [0.3, 0.4) is 0 Å². The molecule has 1 amide bonds. The Labute approximate surface area is 140 Å². The van der Waals surface area contributed by atoms with Crippen molar-refractivity contribution in [2.45, 2.75) is 31.5 Å². The molecule has 1 aromatic carbocycles. The first-order valence-corrected chi connectivity index (χ1v) is 7.91. The third-order valence-electron chi connectivity index (χ3n) is 4.26. The van der Waals surface area contributed by atoms with Crippen molar-refractivity contribution in [2.75, 3.05) is 20.2 Å². The molecule has 0 saturated carbocycles. The predicted octanol–water partition coefficient (Wildman–Crippen LogP) is 2.11. The lowest BCUT2D eigenvalue weighted by atomic mass is 9.88. The van der Waals surface area contributed by atoms with Crippen LogP contribution in [0.25, 0.3) is 0 Å². The molecule has 7 heteroatoms. The van der Waals surface area contributed by atoms with Crippen molar-refractivity contribution in [1.82, 2.24) is 4.90 Å². The summed E-state index contributed by atoms with van der Waals surface area (Å²) >= 11 is 0. The lowest BCUT2D eigenvalue weighted by Gasteiger charge is -2.37. The van der Waals surface area contributed by atoms with E-state index in [0.29, 0.717) is 19.5 Å². The minimum absolute atomic E-state index is 0.230. The van der Waals surface area contributed by atoms with E-state index in [1.807, 2.05) is 30.3 Å². The number of rotatable bonds is 3. The fourth-order valence-corrected chi connectivity index (χ4v) is 3.03. The molecule has 1 saturated heterocycles. The summed E-state index contributed by atoms with van der Waals surface area (Å²) in [5.74, 6) is -0.490. The van der Waals surface area contributed by atoms with Gasteiger partial charge in [-0.1, -0.05) is 35.5 Å². The van der Waals surface area contributed by atoms with E-state index in [1.54, 1.807) is 4.90 Å². The summed E-state index contributed by atoms with van der Waals surface area (Å²) in [5, 5.41) is 3.83. The highest BCUT2D eigenvalue weighted by Crippen LogP contribution is 2.33. The molecule has 0 aliphatic carbocycles. The van der Waals surface area contributed by atoms with E-state index in [2.05, 4.69) is 9.89 Å². The number of piperidine rings is 1. The van der Waals surface area contributed by atoms with Gasteiger partial charge in [-0.3, -0.25) is 0 Å². The van der Waals surface area contributed by atoms with Crippen molar-refractivity contribution in [3.05, 3.63) is 35.9 Å². The highest BCUT2D eigenvalue weighted by atomic mass is 16.7. The van der Waals surface area contributed by atoms with E-state index in [9.17, 15) is 9.59 Å². The van der Waals surface area contributed by atoms with Crippen molar-refractivity contribution < 1.29 is 23.9 Å². The van der Waals surface area contributed by atoms with E-state index >= 15 is 0 Å². The number of hydrogen-bond acceptors (Lipinski definition) is 6. The van der Waals surface area contributed by atoms with E-state index in [-0.39, 0.29) is 18.4 Å². The molecular weight excluding hydrogens is 312 g/mol. The van der Waals surface area contributed by atoms with Crippen LogP contribution in [0, 0.1) is 0 Å². The zero-order chi connectivity index (χ0) is 17.0. The van der Waals surface area contributed by atoms with Gasteiger partial charge in [0.1, 0.15) is 6.61 Å². The third kappa shape index (κ3) is 3.50. The van der Waals surface area contributed by atoms with Gasteiger partial charge in [-0.2, -0.15) is 0 Å². The quantitative estimate of drug-likeness (QED) is 0.792. The molecule has 0 radical (unpaired) electrons. The third-order valence-corrected chi connectivity index (χ3v) is 4.26. The maximum atomic E-state index is 12.3. The average molecular weight is 332 g/mol. The number of carbonyl (C=O) groups is 2. The van der Waals surface area contributed by atoms with E-state index in [4.69, 9.17) is 9.57 Å². The standard InChI is InChI=1S/C17H20N2O5/c1-22-15(20)14-10-17(24-18-14)8-5-9-19(12-17)16(21)23-11-13-6-3-2-4-7-13/h2-4,6-7H,5,8-12H2,1H3. The van der Waals surface area contributed by atoms with Gasteiger partial charge in [-0.15, -0.1) is 0 Å². The second-order valence-electron chi connectivity index (χ2n) is 6.05. The Morgan fingerprint density at radius 1 is 1.33 bits per heavy atom. The monoisotopic (exact) mass is 332 g/mol. The number of esters is 1. The Hall–Kier alpha value is -2.57. The van der Waals surface area contributed by atoms with Gasteiger partial charge in [-0.25, -0.2) is 9.59 Å². The van der Waals surface area contributed by atoms with Crippen molar-refractivity contribution in [2.24, 2.45) is 5.16 Å². The number of oxime groups is 1. The van der Waals surface area contributed by atoms with Crippen LogP contribution in [0.4, 0.5) is 4.79 Å². The minimum Gasteiger partial charge on any atom is -0.464 e. The summed E-state index contributed by atoms with van der Waals surface area (Å²) in [6, 6.07) is 9.52. The number of nitrogens with zero attached hydrogens (tertiary/aromatic N) is 2. The maximum absolute atomic E-state index is 12.3. The first-order valence-electron chi connectivity index (χ1n) is 7.91. The van der Waals surface area contributed by atoms with Crippen LogP contribution in [0.5, 0.6) is 0 Å². The van der Waals surface area contributed by atoms with Gasteiger partial charge in [0.2, 0.25) is 0 Å². The molecule has 1 unspecified atom stereocenters. The van der Waals surface area contributed by atoms with Crippen molar-refractivity contribution in [3.63, 3.8) is 0 Å². The number of hydrogen-bond donors (Lipinski definition) is 0. The topological polar surface area (TPSA) is 77.4 Å². The van der Waals surface area contributed by atoms with Gasteiger partial charge < -0.3 is 19.2 Å². The lowest BCUT2D eigenvalue weighted by Crippen LogP contribution is -2.50. The average Bonchev–Trinajstić information content (AvgIpc) is 3.03. The maximum Gasteiger partial charge on any atom is 0.410 e. The normalized spacial score (nSPS) is 22.7. The van der Waals surface area contributed by atoms with Crippen molar-refractivity contribution >= 4 is 17.8 Å². The molecule has 128 valence electrons. The summed E-state index contributed by atoms with van der Waals surface area (Å²) in [7, 11) is 1.31. The van der Waals surface area contributed by atoms with Gasteiger partial charge in [0.15, 0.2) is 11.3 Å². The zero-order valence-corrected chi connectivity index (χ0v) is 13.6. The summed E-state index contributed by atoms with van der Waals surface area (Å²) in [6.45, 7) is 1.19. The number of benzene rings is 1. The molecule has 24 heavy (non-hydrogen) atoms. The summed E-state index contributed by atoms with van der Waals surface area (Å²) in [6.07, 6.45) is 1.47. The van der Waals surface area contributed by atoms with E-state index < -0.39 is 11.6 Å². The molecule has 7 nitrogen and oxygen atoms in total. The molecule has 0 N–H and O–H groups in total.